The number of halogens is 1. The van der Waals surface area contributed by atoms with E-state index >= 15 is 0 Å². The number of hydrogen-bond acceptors (Lipinski definition) is 3. The minimum absolute atomic E-state index is 0.246. The Morgan fingerprint density at radius 3 is 2.36 bits per heavy atom. The molecule has 3 rings (SSSR count). The van der Waals surface area contributed by atoms with Crippen LogP contribution in [0.4, 0.5) is 4.79 Å². The molecule has 1 saturated heterocycles. The molecule has 0 unspecified atom stereocenters. The molecule has 6 nitrogen and oxygen atoms in total. The fourth-order valence-corrected chi connectivity index (χ4v) is 3.45. The second-order valence-corrected chi connectivity index (χ2v) is 8.07. The molecule has 7 heteroatoms. The summed E-state index contributed by atoms with van der Waals surface area (Å²) in [7, 11) is 0. The lowest BCUT2D eigenvalue weighted by atomic mass is 9.91. The molecule has 28 heavy (non-hydrogen) atoms. The molecule has 0 aliphatic carbocycles. The molecule has 0 spiro atoms. The van der Waals surface area contributed by atoms with Crippen molar-refractivity contribution < 1.29 is 14.4 Å². The third-order valence-corrected chi connectivity index (χ3v) is 5.48. The Hall–Kier alpha value is -2.67. The third-order valence-electron chi connectivity index (χ3n) is 4.95. The van der Waals surface area contributed by atoms with Gasteiger partial charge in [-0.3, -0.25) is 14.5 Å². The maximum absolute atomic E-state index is 12.9. The zero-order chi connectivity index (χ0) is 20.5. The molecule has 2 atom stereocenters. The van der Waals surface area contributed by atoms with Gasteiger partial charge in [-0.2, -0.15) is 0 Å². The van der Waals surface area contributed by atoms with Gasteiger partial charge in [0, 0.05) is 4.47 Å². The van der Waals surface area contributed by atoms with Crippen molar-refractivity contribution in [2.45, 2.75) is 32.4 Å². The van der Waals surface area contributed by atoms with E-state index in [1.807, 2.05) is 62.4 Å². The van der Waals surface area contributed by atoms with E-state index in [0.717, 1.165) is 20.5 Å². The predicted octanol–water partition coefficient (Wildman–Crippen LogP) is 3.40. The molecule has 4 amide bonds. The SMILES string of the molecule is Cc1ccc([C@]2(C)NC(=O)N(CC(=O)N[C@@H](C)c3ccc(Br)cc3)C2=O)cc1. The van der Waals surface area contributed by atoms with Crippen molar-refractivity contribution in [2.75, 3.05) is 6.54 Å². The van der Waals surface area contributed by atoms with Crippen LogP contribution in [0.15, 0.2) is 53.0 Å². The van der Waals surface area contributed by atoms with Crippen molar-refractivity contribution >= 4 is 33.8 Å². The molecule has 2 aromatic rings. The summed E-state index contributed by atoms with van der Waals surface area (Å²) in [6.45, 7) is 5.13. The van der Waals surface area contributed by atoms with Crippen LogP contribution in [0.25, 0.3) is 0 Å². The van der Waals surface area contributed by atoms with Crippen LogP contribution in [0, 0.1) is 6.92 Å². The lowest BCUT2D eigenvalue weighted by Crippen LogP contribution is -2.43. The van der Waals surface area contributed by atoms with Crippen molar-refractivity contribution in [2.24, 2.45) is 0 Å². The fourth-order valence-electron chi connectivity index (χ4n) is 3.19. The minimum Gasteiger partial charge on any atom is -0.348 e. The van der Waals surface area contributed by atoms with Crippen molar-refractivity contribution in [3.63, 3.8) is 0 Å². The Labute approximate surface area is 172 Å². The van der Waals surface area contributed by atoms with E-state index in [9.17, 15) is 14.4 Å². The van der Waals surface area contributed by atoms with Crippen molar-refractivity contribution in [1.29, 1.82) is 0 Å². The van der Waals surface area contributed by atoms with Gasteiger partial charge in [0.25, 0.3) is 5.91 Å². The molecule has 1 fully saturated rings. The first-order chi connectivity index (χ1) is 13.2. The average molecular weight is 444 g/mol. The number of rotatable bonds is 5. The molecular formula is C21H22BrN3O3. The van der Waals surface area contributed by atoms with Gasteiger partial charge in [0.05, 0.1) is 6.04 Å². The van der Waals surface area contributed by atoms with Gasteiger partial charge in [0.2, 0.25) is 5.91 Å². The Bertz CT molecular complexity index is 911. The number of nitrogens with one attached hydrogen (secondary N) is 2. The first kappa shape index (κ1) is 20.1. The highest BCUT2D eigenvalue weighted by Gasteiger charge is 2.49. The number of carbonyl (C=O) groups excluding carboxylic acids is 3. The molecular weight excluding hydrogens is 422 g/mol. The largest absolute Gasteiger partial charge is 0.348 e. The summed E-state index contributed by atoms with van der Waals surface area (Å²) in [6.07, 6.45) is 0. The van der Waals surface area contributed by atoms with Crippen LogP contribution < -0.4 is 10.6 Å². The summed E-state index contributed by atoms with van der Waals surface area (Å²) in [5.74, 6) is -0.833. The zero-order valence-corrected chi connectivity index (χ0v) is 17.5. The molecule has 0 aromatic heterocycles. The summed E-state index contributed by atoms with van der Waals surface area (Å²) in [5.41, 5.74) is 1.49. The molecule has 1 heterocycles. The first-order valence-electron chi connectivity index (χ1n) is 8.97. The lowest BCUT2D eigenvalue weighted by molar-refractivity contribution is -0.135. The Kier molecular flexibility index (Phi) is 5.56. The van der Waals surface area contributed by atoms with Crippen LogP contribution in [0.1, 0.15) is 36.6 Å². The standard InChI is InChI=1S/C21H22BrN3O3/c1-13-4-8-16(9-5-13)21(3)19(27)25(20(28)24-21)12-18(26)23-14(2)15-6-10-17(22)11-7-15/h4-11,14H,12H2,1-3H3,(H,23,26)(H,24,28)/t14-,21-/m0/s1. The van der Waals surface area contributed by atoms with Gasteiger partial charge >= 0.3 is 6.03 Å². The summed E-state index contributed by atoms with van der Waals surface area (Å²) in [6, 6.07) is 14.2. The van der Waals surface area contributed by atoms with Gasteiger partial charge in [0.1, 0.15) is 12.1 Å². The zero-order valence-electron chi connectivity index (χ0n) is 16.0. The number of aryl methyl sites for hydroxylation is 1. The van der Waals surface area contributed by atoms with E-state index in [-0.39, 0.29) is 12.6 Å². The van der Waals surface area contributed by atoms with Crippen LogP contribution in [-0.4, -0.2) is 29.3 Å². The number of benzene rings is 2. The predicted molar refractivity (Wildman–Crippen MR) is 109 cm³/mol. The minimum atomic E-state index is -1.18. The number of nitrogens with zero attached hydrogens (tertiary/aromatic N) is 1. The Balaban J connectivity index is 1.69. The van der Waals surface area contributed by atoms with E-state index in [1.165, 1.54) is 0 Å². The Morgan fingerprint density at radius 1 is 1.14 bits per heavy atom. The maximum Gasteiger partial charge on any atom is 0.325 e. The van der Waals surface area contributed by atoms with Gasteiger partial charge in [-0.1, -0.05) is 57.9 Å². The second kappa shape index (κ2) is 7.75. The van der Waals surface area contributed by atoms with Crippen LogP contribution in [0.2, 0.25) is 0 Å². The van der Waals surface area contributed by atoms with Crippen LogP contribution in [0.3, 0.4) is 0 Å². The van der Waals surface area contributed by atoms with E-state index in [0.29, 0.717) is 5.56 Å². The summed E-state index contributed by atoms with van der Waals surface area (Å²) < 4.78 is 0.949. The molecule has 0 bridgehead atoms. The molecule has 0 saturated carbocycles. The molecule has 2 N–H and O–H groups in total. The quantitative estimate of drug-likeness (QED) is 0.694. The van der Waals surface area contributed by atoms with E-state index in [1.54, 1.807) is 6.92 Å². The van der Waals surface area contributed by atoms with Crippen LogP contribution >= 0.6 is 15.9 Å². The molecule has 1 aliphatic heterocycles. The molecule has 1 aliphatic rings. The number of amides is 4. The highest BCUT2D eigenvalue weighted by molar-refractivity contribution is 9.10. The maximum atomic E-state index is 12.9. The summed E-state index contributed by atoms with van der Waals surface area (Å²) in [5, 5.41) is 5.54. The highest BCUT2D eigenvalue weighted by Crippen LogP contribution is 2.29. The van der Waals surface area contributed by atoms with Crippen molar-refractivity contribution in [3.8, 4) is 0 Å². The lowest BCUT2D eigenvalue weighted by Gasteiger charge is -2.22. The highest BCUT2D eigenvalue weighted by atomic mass is 79.9. The second-order valence-electron chi connectivity index (χ2n) is 7.15. The fraction of sp³-hybridized carbons (Fsp3) is 0.286. The van der Waals surface area contributed by atoms with E-state index in [2.05, 4.69) is 26.6 Å². The van der Waals surface area contributed by atoms with Gasteiger partial charge in [-0.25, -0.2) is 4.79 Å². The van der Waals surface area contributed by atoms with Crippen molar-refractivity contribution in [3.05, 3.63) is 69.7 Å². The van der Waals surface area contributed by atoms with E-state index in [4.69, 9.17) is 0 Å². The monoisotopic (exact) mass is 443 g/mol. The number of carbonyl (C=O) groups is 3. The number of imide groups is 1. The Morgan fingerprint density at radius 2 is 1.75 bits per heavy atom. The average Bonchev–Trinajstić information content (AvgIpc) is 2.86. The van der Waals surface area contributed by atoms with Gasteiger partial charge in [-0.05, 0) is 44.0 Å². The number of urea groups is 1. The normalized spacial score (nSPS) is 20.1. The van der Waals surface area contributed by atoms with Gasteiger partial charge in [0.15, 0.2) is 0 Å². The smallest absolute Gasteiger partial charge is 0.325 e. The van der Waals surface area contributed by atoms with E-state index < -0.39 is 23.4 Å². The van der Waals surface area contributed by atoms with Crippen LogP contribution in [0.5, 0.6) is 0 Å². The summed E-state index contributed by atoms with van der Waals surface area (Å²) in [4.78, 5) is 38.7. The summed E-state index contributed by atoms with van der Waals surface area (Å²) >= 11 is 3.37. The first-order valence-corrected chi connectivity index (χ1v) is 9.76. The van der Waals surface area contributed by atoms with Gasteiger partial charge < -0.3 is 10.6 Å². The van der Waals surface area contributed by atoms with Crippen molar-refractivity contribution in [1.82, 2.24) is 15.5 Å². The third kappa shape index (κ3) is 3.94. The molecule has 0 radical (unpaired) electrons. The topological polar surface area (TPSA) is 78.5 Å². The number of hydrogen-bond donors (Lipinski definition) is 2. The molecule has 2 aromatic carbocycles. The van der Waals surface area contributed by atoms with Crippen LogP contribution in [-0.2, 0) is 15.1 Å². The molecule has 146 valence electrons. The van der Waals surface area contributed by atoms with Gasteiger partial charge in [-0.15, -0.1) is 0 Å².